The fourth-order valence-electron chi connectivity index (χ4n) is 1.47. The molecule has 5 nitrogen and oxygen atoms in total. The summed E-state index contributed by atoms with van der Waals surface area (Å²) in [5.41, 5.74) is 0.856. The van der Waals surface area contributed by atoms with Crippen molar-refractivity contribution in [1.29, 1.82) is 0 Å². The zero-order valence-electron chi connectivity index (χ0n) is 9.35. The Morgan fingerprint density at radius 1 is 1.17 bits per heavy atom. The molecule has 0 spiro atoms. The van der Waals surface area contributed by atoms with Gasteiger partial charge < -0.3 is 5.21 Å². The molecular weight excluding hydrogens is 252 g/mol. The average Bonchev–Trinajstić information content (AvgIpc) is 2.38. The van der Waals surface area contributed by atoms with Crippen LogP contribution in [0.2, 0.25) is 0 Å². The first-order chi connectivity index (χ1) is 8.68. The van der Waals surface area contributed by atoms with Crippen LogP contribution in [0.25, 0.3) is 0 Å². The molecule has 0 fully saturated rings. The largest absolute Gasteiger partial charge is 0.618 e. The molecule has 0 atom stereocenters. The summed E-state index contributed by atoms with van der Waals surface area (Å²) in [7, 11) is 0. The van der Waals surface area contributed by atoms with E-state index in [4.69, 9.17) is 0 Å². The second kappa shape index (κ2) is 5.50. The third-order valence-electron chi connectivity index (χ3n) is 2.31. The molecule has 1 heterocycles. The molecule has 0 unspecified atom stereocenters. The highest BCUT2D eigenvalue weighted by Crippen LogP contribution is 2.27. The summed E-state index contributed by atoms with van der Waals surface area (Å²) in [5, 5.41) is 22.5. The van der Waals surface area contributed by atoms with Gasteiger partial charge in [-0.3, -0.25) is 10.1 Å². The lowest BCUT2D eigenvalue weighted by molar-refractivity contribution is -0.650. The molecule has 0 radical (unpaired) electrons. The van der Waals surface area contributed by atoms with E-state index in [1.807, 2.05) is 30.3 Å². The van der Waals surface area contributed by atoms with E-state index in [1.54, 1.807) is 0 Å². The second-order valence-corrected chi connectivity index (χ2v) is 4.52. The van der Waals surface area contributed by atoms with Crippen molar-refractivity contribution < 1.29 is 9.65 Å². The first-order valence-corrected chi connectivity index (χ1v) is 6.20. The highest BCUT2D eigenvalue weighted by Gasteiger charge is 2.22. The zero-order chi connectivity index (χ0) is 13.0. The van der Waals surface area contributed by atoms with Gasteiger partial charge in [0.15, 0.2) is 6.20 Å². The van der Waals surface area contributed by atoms with Crippen molar-refractivity contribution in [1.82, 2.24) is 0 Å². The number of benzene rings is 1. The van der Waals surface area contributed by atoms with Crippen LogP contribution in [-0.2, 0) is 5.75 Å². The van der Waals surface area contributed by atoms with Gasteiger partial charge in [-0.2, -0.15) is 4.73 Å². The topological polar surface area (TPSA) is 70.1 Å². The molecule has 1 aromatic carbocycles. The van der Waals surface area contributed by atoms with E-state index in [0.717, 1.165) is 17.3 Å². The zero-order valence-corrected chi connectivity index (χ0v) is 10.2. The minimum absolute atomic E-state index is 0.117. The van der Waals surface area contributed by atoms with Crippen LogP contribution in [0.5, 0.6) is 0 Å². The van der Waals surface area contributed by atoms with Crippen LogP contribution in [0, 0.1) is 15.3 Å². The van der Waals surface area contributed by atoms with Gasteiger partial charge in [-0.25, -0.2) is 0 Å². The SMILES string of the molecule is O=[N+]([O-])c1ccc[n+]([O-])c1SCc1ccccc1. The molecule has 1 aromatic heterocycles. The Bertz CT molecular complexity index is 561. The molecule has 6 heteroatoms. The first kappa shape index (κ1) is 12.4. The summed E-state index contributed by atoms with van der Waals surface area (Å²) in [6.07, 6.45) is 1.26. The second-order valence-electron chi connectivity index (χ2n) is 3.56. The maximum atomic E-state index is 11.6. The normalized spacial score (nSPS) is 10.2. The molecule has 0 amide bonds. The van der Waals surface area contributed by atoms with Crippen molar-refractivity contribution >= 4 is 17.4 Å². The van der Waals surface area contributed by atoms with Gasteiger partial charge in [-0.05, 0) is 17.3 Å². The third-order valence-corrected chi connectivity index (χ3v) is 3.45. The number of nitrogens with zero attached hydrogens (tertiary/aromatic N) is 2. The number of aromatic nitrogens is 1. The molecule has 18 heavy (non-hydrogen) atoms. The van der Waals surface area contributed by atoms with Gasteiger partial charge in [0, 0.05) is 17.9 Å². The van der Waals surface area contributed by atoms with Gasteiger partial charge in [0.05, 0.1) is 4.92 Å². The summed E-state index contributed by atoms with van der Waals surface area (Å²) < 4.78 is 0.533. The molecule has 0 saturated carbocycles. The Hall–Kier alpha value is -2.08. The highest BCUT2D eigenvalue weighted by atomic mass is 32.2. The number of hydrogen-bond donors (Lipinski definition) is 0. The summed E-state index contributed by atoms with van der Waals surface area (Å²) in [4.78, 5) is 10.3. The molecule has 2 aromatic rings. The molecule has 0 aliphatic carbocycles. The fourth-order valence-corrected chi connectivity index (χ4v) is 2.44. The minimum atomic E-state index is -0.540. The van der Waals surface area contributed by atoms with Crippen molar-refractivity contribution in [2.45, 2.75) is 10.8 Å². The minimum Gasteiger partial charge on any atom is -0.618 e. The molecule has 0 bridgehead atoms. The smallest absolute Gasteiger partial charge is 0.348 e. The van der Waals surface area contributed by atoms with Crippen molar-refractivity contribution in [3.05, 3.63) is 69.5 Å². The maximum absolute atomic E-state index is 11.6. The van der Waals surface area contributed by atoms with Crippen LogP contribution in [0.4, 0.5) is 5.69 Å². The third kappa shape index (κ3) is 2.78. The Morgan fingerprint density at radius 3 is 2.56 bits per heavy atom. The predicted molar refractivity (Wildman–Crippen MR) is 68.1 cm³/mol. The number of hydrogen-bond acceptors (Lipinski definition) is 4. The van der Waals surface area contributed by atoms with E-state index >= 15 is 0 Å². The molecule has 0 aliphatic heterocycles. The van der Waals surface area contributed by atoms with Crippen molar-refractivity contribution in [3.63, 3.8) is 0 Å². The van der Waals surface area contributed by atoms with Gasteiger partial charge >= 0.3 is 10.7 Å². The fraction of sp³-hybridized carbons (Fsp3) is 0.0833. The monoisotopic (exact) mass is 262 g/mol. The van der Waals surface area contributed by atoms with E-state index in [-0.39, 0.29) is 10.7 Å². The first-order valence-electron chi connectivity index (χ1n) is 5.22. The van der Waals surface area contributed by atoms with Gasteiger partial charge in [0.25, 0.3) is 0 Å². The van der Waals surface area contributed by atoms with Crippen molar-refractivity contribution in [2.75, 3.05) is 0 Å². The standard InChI is InChI=1S/C12H10N2O3S/c15-13-8-4-7-11(14(16)17)12(13)18-9-10-5-2-1-3-6-10/h1-8H,9H2. The Kier molecular flexibility index (Phi) is 3.78. The van der Waals surface area contributed by atoms with Crippen LogP contribution in [0.3, 0.4) is 0 Å². The van der Waals surface area contributed by atoms with E-state index < -0.39 is 4.92 Å². The quantitative estimate of drug-likeness (QED) is 0.279. The summed E-state index contributed by atoms with van der Waals surface area (Å²) in [6.45, 7) is 0. The van der Waals surface area contributed by atoms with Crippen LogP contribution in [0.1, 0.15) is 5.56 Å². The molecular formula is C12H10N2O3S. The number of thioether (sulfide) groups is 1. The lowest BCUT2D eigenvalue weighted by atomic mass is 10.2. The lowest BCUT2D eigenvalue weighted by Crippen LogP contribution is -2.29. The molecule has 0 N–H and O–H groups in total. The number of pyridine rings is 1. The van der Waals surface area contributed by atoms with Gasteiger partial charge in [0.1, 0.15) is 0 Å². The Morgan fingerprint density at radius 2 is 1.89 bits per heavy atom. The molecule has 0 saturated heterocycles. The van der Waals surface area contributed by atoms with E-state index in [9.17, 15) is 15.3 Å². The Labute approximate surface area is 108 Å². The van der Waals surface area contributed by atoms with Crippen LogP contribution < -0.4 is 4.73 Å². The summed E-state index contributed by atoms with van der Waals surface area (Å²) >= 11 is 1.16. The van der Waals surface area contributed by atoms with Gasteiger partial charge in [-0.15, -0.1) is 0 Å². The predicted octanol–water partition coefficient (Wildman–Crippen LogP) is 2.52. The van der Waals surface area contributed by atoms with Gasteiger partial charge in [0.2, 0.25) is 0 Å². The summed E-state index contributed by atoms with van der Waals surface area (Å²) in [5.74, 6) is 0.522. The van der Waals surface area contributed by atoms with E-state index in [1.165, 1.54) is 18.3 Å². The molecule has 2 rings (SSSR count). The molecule has 0 aliphatic rings. The van der Waals surface area contributed by atoms with E-state index in [2.05, 4.69) is 0 Å². The maximum Gasteiger partial charge on any atom is 0.348 e. The Balaban J connectivity index is 2.21. The van der Waals surface area contributed by atoms with Crippen LogP contribution in [0.15, 0.2) is 53.7 Å². The number of rotatable bonds is 4. The summed E-state index contributed by atoms with van der Waals surface area (Å²) in [6, 6.07) is 12.2. The lowest BCUT2D eigenvalue weighted by Gasteiger charge is -2.04. The van der Waals surface area contributed by atoms with E-state index in [0.29, 0.717) is 10.5 Å². The van der Waals surface area contributed by atoms with Crippen molar-refractivity contribution in [3.8, 4) is 0 Å². The highest BCUT2D eigenvalue weighted by molar-refractivity contribution is 7.98. The van der Waals surface area contributed by atoms with Crippen molar-refractivity contribution in [2.24, 2.45) is 0 Å². The number of nitro groups is 1. The van der Waals surface area contributed by atoms with Gasteiger partial charge in [-0.1, -0.05) is 30.3 Å². The van der Waals surface area contributed by atoms with Crippen LogP contribution >= 0.6 is 11.8 Å². The molecule has 92 valence electrons. The average molecular weight is 262 g/mol. The van der Waals surface area contributed by atoms with Crippen LogP contribution in [-0.4, -0.2) is 4.92 Å².